The molecule has 0 aliphatic rings. The Morgan fingerprint density at radius 3 is 2.47 bits per heavy atom. The van der Waals surface area contributed by atoms with Gasteiger partial charge < -0.3 is 5.73 Å². The van der Waals surface area contributed by atoms with Crippen molar-refractivity contribution in [3.63, 3.8) is 0 Å². The first-order valence-electron chi connectivity index (χ1n) is 4.12. The molecular formula is C8H12BrN3O2S. The number of benzene rings is 1. The Labute approximate surface area is 97.4 Å². The number of hydrogen-bond donors (Lipinski definition) is 3. The van der Waals surface area contributed by atoms with Crippen molar-refractivity contribution in [2.24, 2.45) is 0 Å². The molecule has 0 saturated carbocycles. The standard InChI is InChI=1S/C8H12BrN3O2S/c1-5-3-6(9)4-7(10)8(5)12-15(13,14)11-2/h3-4,11-12H,10H2,1-2H3. The number of nitrogens with one attached hydrogen (secondary N) is 2. The van der Waals surface area contributed by atoms with Gasteiger partial charge in [-0.3, -0.25) is 4.72 Å². The summed E-state index contributed by atoms with van der Waals surface area (Å²) >= 11 is 3.27. The average molecular weight is 294 g/mol. The Morgan fingerprint density at radius 1 is 1.40 bits per heavy atom. The smallest absolute Gasteiger partial charge is 0.298 e. The maximum Gasteiger partial charge on any atom is 0.298 e. The van der Waals surface area contributed by atoms with Crippen molar-refractivity contribution < 1.29 is 8.42 Å². The van der Waals surface area contributed by atoms with Gasteiger partial charge in [-0.05, 0) is 24.6 Å². The first-order chi connectivity index (χ1) is 6.85. The third-order valence-electron chi connectivity index (χ3n) is 1.84. The van der Waals surface area contributed by atoms with Gasteiger partial charge in [-0.1, -0.05) is 15.9 Å². The summed E-state index contributed by atoms with van der Waals surface area (Å²) in [6, 6.07) is 3.42. The zero-order valence-corrected chi connectivity index (χ0v) is 10.7. The normalized spacial score (nSPS) is 11.4. The second-order valence-electron chi connectivity index (χ2n) is 3.00. The van der Waals surface area contributed by atoms with Crippen molar-refractivity contribution in [2.75, 3.05) is 17.5 Å². The predicted octanol–water partition coefficient (Wildman–Crippen LogP) is 1.22. The van der Waals surface area contributed by atoms with Crippen LogP contribution in [0, 0.1) is 6.92 Å². The molecule has 1 aromatic rings. The Kier molecular flexibility index (Phi) is 3.58. The van der Waals surface area contributed by atoms with E-state index in [-0.39, 0.29) is 0 Å². The van der Waals surface area contributed by atoms with Crippen LogP contribution in [0.15, 0.2) is 16.6 Å². The van der Waals surface area contributed by atoms with Gasteiger partial charge in [0.15, 0.2) is 0 Å². The molecule has 0 aliphatic carbocycles. The number of rotatable bonds is 3. The van der Waals surface area contributed by atoms with Gasteiger partial charge in [-0.25, -0.2) is 4.72 Å². The molecule has 1 aromatic carbocycles. The highest BCUT2D eigenvalue weighted by Crippen LogP contribution is 2.28. The molecule has 4 N–H and O–H groups in total. The van der Waals surface area contributed by atoms with Gasteiger partial charge in [0.25, 0.3) is 10.2 Å². The largest absolute Gasteiger partial charge is 0.397 e. The fourth-order valence-electron chi connectivity index (χ4n) is 1.09. The Morgan fingerprint density at radius 2 is 2.00 bits per heavy atom. The number of aryl methyl sites for hydroxylation is 1. The van der Waals surface area contributed by atoms with Crippen LogP contribution in [0.25, 0.3) is 0 Å². The minimum atomic E-state index is -3.53. The van der Waals surface area contributed by atoms with E-state index in [4.69, 9.17) is 5.73 Å². The highest BCUT2D eigenvalue weighted by Gasteiger charge is 2.11. The molecule has 0 unspecified atom stereocenters. The molecule has 0 bridgehead atoms. The zero-order valence-electron chi connectivity index (χ0n) is 8.33. The maximum absolute atomic E-state index is 11.3. The third-order valence-corrected chi connectivity index (χ3v) is 3.30. The van der Waals surface area contributed by atoms with Crippen LogP contribution >= 0.6 is 15.9 Å². The van der Waals surface area contributed by atoms with E-state index in [1.54, 1.807) is 19.1 Å². The lowest BCUT2D eigenvalue weighted by molar-refractivity contribution is 0.593. The van der Waals surface area contributed by atoms with Crippen molar-refractivity contribution in [1.82, 2.24) is 4.72 Å². The molecule has 0 fully saturated rings. The molecule has 15 heavy (non-hydrogen) atoms. The lowest BCUT2D eigenvalue weighted by Gasteiger charge is -2.12. The van der Waals surface area contributed by atoms with Gasteiger partial charge in [0.2, 0.25) is 0 Å². The van der Waals surface area contributed by atoms with Crippen molar-refractivity contribution in [1.29, 1.82) is 0 Å². The number of nitrogen functional groups attached to an aromatic ring is 1. The molecule has 0 saturated heterocycles. The van der Waals surface area contributed by atoms with Crippen LogP contribution in [0.5, 0.6) is 0 Å². The summed E-state index contributed by atoms with van der Waals surface area (Å²) in [4.78, 5) is 0. The molecule has 5 nitrogen and oxygen atoms in total. The summed E-state index contributed by atoms with van der Waals surface area (Å²) in [5.74, 6) is 0. The minimum Gasteiger partial charge on any atom is -0.397 e. The molecule has 0 atom stereocenters. The summed E-state index contributed by atoms with van der Waals surface area (Å²) in [5.41, 5.74) is 7.22. The molecule has 84 valence electrons. The van der Waals surface area contributed by atoms with Crippen molar-refractivity contribution >= 4 is 37.5 Å². The molecule has 0 spiro atoms. The quantitative estimate of drug-likeness (QED) is 0.733. The molecule has 7 heteroatoms. The second-order valence-corrected chi connectivity index (χ2v) is 5.53. The van der Waals surface area contributed by atoms with Crippen LogP contribution in [0.3, 0.4) is 0 Å². The van der Waals surface area contributed by atoms with Gasteiger partial charge in [0, 0.05) is 11.5 Å². The van der Waals surface area contributed by atoms with Crippen molar-refractivity contribution in [3.05, 3.63) is 22.2 Å². The van der Waals surface area contributed by atoms with E-state index in [9.17, 15) is 8.42 Å². The summed E-state index contributed by atoms with van der Waals surface area (Å²) in [5, 5.41) is 0. The Balaban J connectivity index is 3.17. The van der Waals surface area contributed by atoms with E-state index >= 15 is 0 Å². The highest BCUT2D eigenvalue weighted by atomic mass is 79.9. The van der Waals surface area contributed by atoms with Gasteiger partial charge >= 0.3 is 0 Å². The first kappa shape index (κ1) is 12.3. The monoisotopic (exact) mass is 293 g/mol. The topological polar surface area (TPSA) is 84.2 Å². The van der Waals surface area contributed by atoms with E-state index in [0.29, 0.717) is 11.4 Å². The van der Waals surface area contributed by atoms with E-state index in [0.717, 1.165) is 10.0 Å². The van der Waals surface area contributed by atoms with E-state index < -0.39 is 10.2 Å². The maximum atomic E-state index is 11.3. The van der Waals surface area contributed by atoms with Crippen LogP contribution in [-0.2, 0) is 10.2 Å². The second kappa shape index (κ2) is 4.38. The fraction of sp³-hybridized carbons (Fsp3) is 0.250. The molecule has 0 radical (unpaired) electrons. The Hall–Kier alpha value is -0.790. The van der Waals surface area contributed by atoms with Gasteiger partial charge in [0.1, 0.15) is 0 Å². The summed E-state index contributed by atoms with van der Waals surface area (Å²) < 4.78 is 27.8. The van der Waals surface area contributed by atoms with Crippen LogP contribution < -0.4 is 15.2 Å². The summed E-state index contributed by atoms with van der Waals surface area (Å²) in [6.45, 7) is 1.77. The van der Waals surface area contributed by atoms with Gasteiger partial charge in [-0.2, -0.15) is 8.42 Å². The predicted molar refractivity (Wildman–Crippen MR) is 64.9 cm³/mol. The van der Waals surface area contributed by atoms with Gasteiger partial charge in [-0.15, -0.1) is 0 Å². The lowest BCUT2D eigenvalue weighted by atomic mass is 10.2. The number of halogens is 1. The summed E-state index contributed by atoms with van der Waals surface area (Å²) in [7, 11) is -2.20. The number of anilines is 2. The Bertz CT molecular complexity index is 450. The molecule has 0 amide bonds. The minimum absolute atomic E-state index is 0.376. The molecule has 0 aromatic heterocycles. The molecule has 0 heterocycles. The SMILES string of the molecule is CNS(=O)(=O)Nc1c(C)cc(Br)cc1N. The number of nitrogens with two attached hydrogens (primary N) is 1. The lowest BCUT2D eigenvalue weighted by Crippen LogP contribution is -2.27. The zero-order chi connectivity index (χ0) is 11.6. The molecule has 0 aliphatic heterocycles. The third kappa shape index (κ3) is 3.08. The fourth-order valence-corrected chi connectivity index (χ4v) is 2.33. The van der Waals surface area contributed by atoms with Crippen LogP contribution in [0.1, 0.15) is 5.56 Å². The van der Waals surface area contributed by atoms with E-state index in [1.165, 1.54) is 7.05 Å². The number of hydrogen-bond acceptors (Lipinski definition) is 3. The van der Waals surface area contributed by atoms with Crippen LogP contribution in [0.4, 0.5) is 11.4 Å². The van der Waals surface area contributed by atoms with Crippen LogP contribution in [0.2, 0.25) is 0 Å². The molecular weight excluding hydrogens is 282 g/mol. The van der Waals surface area contributed by atoms with Crippen molar-refractivity contribution in [2.45, 2.75) is 6.92 Å². The van der Waals surface area contributed by atoms with E-state index in [1.807, 2.05) is 0 Å². The van der Waals surface area contributed by atoms with Crippen LogP contribution in [-0.4, -0.2) is 15.5 Å². The average Bonchev–Trinajstić information content (AvgIpc) is 2.11. The highest BCUT2D eigenvalue weighted by molar-refractivity contribution is 9.10. The van der Waals surface area contributed by atoms with Crippen molar-refractivity contribution in [3.8, 4) is 0 Å². The summed E-state index contributed by atoms with van der Waals surface area (Å²) in [6.07, 6.45) is 0. The molecule has 1 rings (SSSR count). The first-order valence-corrected chi connectivity index (χ1v) is 6.40. The van der Waals surface area contributed by atoms with E-state index in [2.05, 4.69) is 25.4 Å². The van der Waals surface area contributed by atoms with Gasteiger partial charge in [0.05, 0.1) is 11.4 Å².